The van der Waals surface area contributed by atoms with Gasteiger partial charge in [0.15, 0.2) is 5.78 Å². The highest BCUT2D eigenvalue weighted by molar-refractivity contribution is 6.01. The van der Waals surface area contributed by atoms with Crippen molar-refractivity contribution in [3.05, 3.63) is 0 Å². The minimum absolute atomic E-state index is 0.0168. The van der Waals surface area contributed by atoms with Crippen molar-refractivity contribution in [2.75, 3.05) is 6.61 Å². The van der Waals surface area contributed by atoms with Crippen LogP contribution < -0.4 is 0 Å². The van der Waals surface area contributed by atoms with E-state index in [1.807, 2.05) is 27.7 Å². The molecule has 0 saturated carbocycles. The van der Waals surface area contributed by atoms with Crippen LogP contribution in [0.5, 0.6) is 0 Å². The molecule has 0 radical (unpaired) electrons. The minimum Gasteiger partial charge on any atom is -0.465 e. The molecular weight excluding hydrogens is 216 g/mol. The third-order valence-electron chi connectivity index (χ3n) is 2.88. The Morgan fingerprint density at radius 1 is 1.18 bits per heavy atom. The largest absolute Gasteiger partial charge is 0.465 e. The predicted molar refractivity (Wildman–Crippen MR) is 68.7 cm³/mol. The Hall–Kier alpha value is -0.860. The number of hydrogen-bond acceptors (Lipinski definition) is 3. The SMILES string of the molecule is CCCC(C)C(C(=O)OCC)C(=O)C(C)(C)C. The lowest BCUT2D eigenvalue weighted by molar-refractivity contribution is -0.156. The summed E-state index contributed by atoms with van der Waals surface area (Å²) < 4.78 is 5.03. The van der Waals surface area contributed by atoms with Crippen LogP contribution in [-0.2, 0) is 14.3 Å². The van der Waals surface area contributed by atoms with Crippen LogP contribution >= 0.6 is 0 Å². The van der Waals surface area contributed by atoms with Crippen LogP contribution in [0, 0.1) is 17.3 Å². The number of ketones is 1. The number of ether oxygens (including phenoxy) is 1. The summed E-state index contributed by atoms with van der Waals surface area (Å²) in [7, 11) is 0. The molecule has 2 unspecified atom stereocenters. The molecule has 0 aliphatic heterocycles. The number of rotatable bonds is 6. The van der Waals surface area contributed by atoms with E-state index in [0.29, 0.717) is 6.61 Å². The molecule has 100 valence electrons. The number of hydrogen-bond donors (Lipinski definition) is 0. The van der Waals surface area contributed by atoms with Gasteiger partial charge in [0.2, 0.25) is 0 Å². The molecule has 0 N–H and O–H groups in total. The molecule has 2 atom stereocenters. The average Bonchev–Trinajstić information content (AvgIpc) is 2.17. The smallest absolute Gasteiger partial charge is 0.316 e. The molecule has 0 spiro atoms. The molecular formula is C14H26O3. The normalized spacial score (nSPS) is 15.2. The molecule has 0 saturated heterocycles. The molecule has 0 aromatic rings. The Morgan fingerprint density at radius 3 is 2.06 bits per heavy atom. The third-order valence-corrected chi connectivity index (χ3v) is 2.88. The van der Waals surface area contributed by atoms with Crippen LogP contribution in [-0.4, -0.2) is 18.4 Å². The summed E-state index contributed by atoms with van der Waals surface area (Å²) in [6.45, 7) is 11.6. The summed E-state index contributed by atoms with van der Waals surface area (Å²) in [6.07, 6.45) is 1.83. The van der Waals surface area contributed by atoms with Crippen LogP contribution in [0.3, 0.4) is 0 Å². The van der Waals surface area contributed by atoms with Gasteiger partial charge in [-0.2, -0.15) is 0 Å². The summed E-state index contributed by atoms with van der Waals surface area (Å²) >= 11 is 0. The first kappa shape index (κ1) is 16.1. The number of Topliss-reactive ketones (excluding diaryl/α,β-unsaturated/α-hetero) is 1. The van der Waals surface area contributed by atoms with Gasteiger partial charge < -0.3 is 4.74 Å². The second-order valence-corrected chi connectivity index (χ2v) is 5.61. The Kier molecular flexibility index (Phi) is 6.43. The monoisotopic (exact) mass is 242 g/mol. The zero-order chi connectivity index (χ0) is 13.6. The summed E-state index contributed by atoms with van der Waals surface area (Å²) in [5.41, 5.74) is -0.501. The molecule has 3 nitrogen and oxygen atoms in total. The van der Waals surface area contributed by atoms with Crippen LogP contribution in [0.25, 0.3) is 0 Å². The maximum Gasteiger partial charge on any atom is 0.316 e. The standard InChI is InChI=1S/C14H26O3/c1-7-9-10(3)11(13(16)17-8-2)12(15)14(4,5)6/h10-11H,7-9H2,1-6H3. The molecule has 0 bridgehead atoms. The van der Waals surface area contributed by atoms with Gasteiger partial charge in [0.05, 0.1) is 6.61 Å². The lowest BCUT2D eigenvalue weighted by Gasteiger charge is -2.27. The van der Waals surface area contributed by atoms with E-state index in [2.05, 4.69) is 6.92 Å². The highest BCUT2D eigenvalue weighted by atomic mass is 16.5. The number of carbonyl (C=O) groups excluding carboxylic acids is 2. The van der Waals surface area contributed by atoms with Crippen molar-refractivity contribution in [2.45, 2.75) is 54.4 Å². The Balaban J connectivity index is 4.97. The van der Waals surface area contributed by atoms with Crippen LogP contribution in [0.2, 0.25) is 0 Å². The maximum atomic E-state index is 12.3. The third kappa shape index (κ3) is 4.88. The van der Waals surface area contributed by atoms with E-state index in [1.54, 1.807) is 6.92 Å². The van der Waals surface area contributed by atoms with Crippen molar-refractivity contribution >= 4 is 11.8 Å². The van der Waals surface area contributed by atoms with E-state index >= 15 is 0 Å². The van der Waals surface area contributed by atoms with Crippen molar-refractivity contribution in [3.8, 4) is 0 Å². The molecule has 0 aliphatic rings. The molecule has 0 heterocycles. The predicted octanol–water partition coefficient (Wildman–Crippen LogP) is 3.22. The first-order chi connectivity index (χ1) is 7.75. The zero-order valence-electron chi connectivity index (χ0n) is 12.0. The first-order valence-electron chi connectivity index (χ1n) is 6.46. The molecule has 0 aromatic heterocycles. The van der Waals surface area contributed by atoms with E-state index in [-0.39, 0.29) is 17.7 Å². The van der Waals surface area contributed by atoms with Crippen molar-refractivity contribution in [1.29, 1.82) is 0 Å². The fourth-order valence-corrected chi connectivity index (χ4v) is 1.92. The van der Waals surface area contributed by atoms with E-state index in [4.69, 9.17) is 4.74 Å². The zero-order valence-corrected chi connectivity index (χ0v) is 12.0. The number of carbonyl (C=O) groups is 2. The lowest BCUT2D eigenvalue weighted by Crippen LogP contribution is -2.38. The summed E-state index contributed by atoms with van der Waals surface area (Å²) in [5, 5.41) is 0. The maximum absolute atomic E-state index is 12.3. The highest BCUT2D eigenvalue weighted by Gasteiger charge is 2.38. The van der Waals surface area contributed by atoms with E-state index in [9.17, 15) is 9.59 Å². The Morgan fingerprint density at radius 2 is 1.71 bits per heavy atom. The van der Waals surface area contributed by atoms with Crippen molar-refractivity contribution in [3.63, 3.8) is 0 Å². The van der Waals surface area contributed by atoms with Crippen LogP contribution in [0.1, 0.15) is 54.4 Å². The van der Waals surface area contributed by atoms with Crippen LogP contribution in [0.15, 0.2) is 0 Å². The minimum atomic E-state index is -0.616. The second-order valence-electron chi connectivity index (χ2n) is 5.61. The molecule has 0 aliphatic carbocycles. The summed E-state index contributed by atoms with van der Waals surface area (Å²) in [5.74, 6) is -0.953. The van der Waals surface area contributed by atoms with E-state index in [0.717, 1.165) is 12.8 Å². The van der Waals surface area contributed by atoms with Crippen LogP contribution in [0.4, 0.5) is 0 Å². The molecule has 0 fully saturated rings. The van der Waals surface area contributed by atoms with Gasteiger partial charge in [-0.25, -0.2) is 0 Å². The average molecular weight is 242 g/mol. The summed E-state index contributed by atoms with van der Waals surface area (Å²) in [4.78, 5) is 24.2. The van der Waals surface area contributed by atoms with Gasteiger partial charge in [-0.3, -0.25) is 9.59 Å². The van der Waals surface area contributed by atoms with Crippen molar-refractivity contribution < 1.29 is 14.3 Å². The fourth-order valence-electron chi connectivity index (χ4n) is 1.92. The fraction of sp³-hybridized carbons (Fsp3) is 0.857. The van der Waals surface area contributed by atoms with Gasteiger partial charge in [-0.15, -0.1) is 0 Å². The second kappa shape index (κ2) is 6.77. The van der Waals surface area contributed by atoms with E-state index in [1.165, 1.54) is 0 Å². The van der Waals surface area contributed by atoms with Gasteiger partial charge in [-0.1, -0.05) is 41.0 Å². The number of esters is 1. The molecule has 17 heavy (non-hydrogen) atoms. The topological polar surface area (TPSA) is 43.4 Å². The van der Waals surface area contributed by atoms with Gasteiger partial charge in [0.25, 0.3) is 0 Å². The van der Waals surface area contributed by atoms with Gasteiger partial charge in [-0.05, 0) is 19.3 Å². The molecule has 0 amide bonds. The Labute approximate surface area is 105 Å². The van der Waals surface area contributed by atoms with E-state index < -0.39 is 11.3 Å². The molecule has 0 aromatic carbocycles. The lowest BCUT2D eigenvalue weighted by atomic mass is 9.76. The van der Waals surface area contributed by atoms with Gasteiger partial charge in [0.1, 0.15) is 5.92 Å². The van der Waals surface area contributed by atoms with Gasteiger partial charge in [0, 0.05) is 5.41 Å². The van der Waals surface area contributed by atoms with Gasteiger partial charge >= 0.3 is 5.97 Å². The quantitative estimate of drug-likeness (QED) is 0.530. The molecule has 0 rings (SSSR count). The first-order valence-corrected chi connectivity index (χ1v) is 6.46. The Bertz CT molecular complexity index is 263. The summed E-state index contributed by atoms with van der Waals surface area (Å²) in [6, 6.07) is 0. The molecule has 3 heteroatoms. The van der Waals surface area contributed by atoms with Crippen molar-refractivity contribution in [2.24, 2.45) is 17.3 Å². The highest BCUT2D eigenvalue weighted by Crippen LogP contribution is 2.28. The van der Waals surface area contributed by atoms with Crippen molar-refractivity contribution in [1.82, 2.24) is 0 Å².